The van der Waals surface area contributed by atoms with Gasteiger partial charge in [0.25, 0.3) is 0 Å². The van der Waals surface area contributed by atoms with Crippen LogP contribution in [0.2, 0.25) is 0 Å². The number of aliphatic hydroxyl groups is 3. The molecule has 0 aliphatic carbocycles. The molecule has 1 aliphatic heterocycles. The van der Waals surface area contributed by atoms with Crippen LogP contribution in [0.1, 0.15) is 15.9 Å². The first-order chi connectivity index (χ1) is 16.2. The number of hydrogen-bond donors (Lipinski definition) is 6. The van der Waals surface area contributed by atoms with Crippen molar-refractivity contribution in [3.05, 3.63) is 41.5 Å². The zero-order chi connectivity index (χ0) is 25.0. The Hall–Kier alpha value is -3.29. The minimum absolute atomic E-state index is 0.0624. The molecule has 12 heteroatoms. The Morgan fingerprint density at radius 1 is 0.941 bits per heavy atom. The van der Waals surface area contributed by atoms with Crippen LogP contribution in [0, 0.1) is 0 Å². The maximum absolute atomic E-state index is 12.7. The van der Waals surface area contributed by atoms with Gasteiger partial charge in [0.15, 0.2) is 17.8 Å². The molecule has 2 aromatic rings. The second-order valence-electron chi connectivity index (χ2n) is 7.43. The van der Waals surface area contributed by atoms with Crippen LogP contribution in [-0.4, -0.2) is 88.1 Å². The van der Waals surface area contributed by atoms with Gasteiger partial charge in [-0.2, -0.15) is 0 Å². The van der Waals surface area contributed by atoms with E-state index in [9.17, 15) is 35.4 Å². The average molecular weight is 482 g/mol. The topological polar surface area (TPSA) is 185 Å². The number of phenols is 3. The zero-order valence-corrected chi connectivity index (χ0v) is 18.3. The third-order valence-electron chi connectivity index (χ3n) is 5.24. The number of aliphatic hydroxyl groups excluding tert-OH is 3. The molecule has 6 N–H and O–H groups in total. The minimum Gasteiger partial charge on any atom is -0.508 e. The molecule has 0 spiro atoms. The fourth-order valence-corrected chi connectivity index (χ4v) is 3.41. The lowest BCUT2D eigenvalue weighted by atomic mass is 9.99. The Balaban J connectivity index is 1.70. The van der Waals surface area contributed by atoms with Crippen LogP contribution in [0.4, 0.5) is 0 Å². The molecular formula is C22H26O12. The van der Waals surface area contributed by atoms with Crippen molar-refractivity contribution in [2.45, 2.75) is 37.3 Å². The van der Waals surface area contributed by atoms with Gasteiger partial charge in [-0.1, -0.05) is 0 Å². The number of phenolic OH excluding ortho intramolecular Hbond substituents is 3. The number of benzene rings is 2. The maximum atomic E-state index is 12.7. The van der Waals surface area contributed by atoms with E-state index in [1.807, 2.05) is 0 Å². The highest BCUT2D eigenvalue weighted by atomic mass is 16.7. The number of hydrogen-bond acceptors (Lipinski definition) is 12. The predicted octanol–water partition coefficient (Wildman–Crippen LogP) is 0.00180. The SMILES string of the molecule is COc1ccc(O)c(OC)c1C(=O)OC[C@H]1O[C@@H](OCc2cc(O)ccc2O)[C@H](O)[C@@H](O)[C@@H]1O. The van der Waals surface area contributed by atoms with Gasteiger partial charge in [0.1, 0.15) is 53.8 Å². The third kappa shape index (κ3) is 5.26. The number of aromatic hydroxyl groups is 3. The molecule has 1 heterocycles. The normalized spacial score (nSPS) is 24.4. The zero-order valence-electron chi connectivity index (χ0n) is 18.3. The molecule has 0 saturated carbocycles. The van der Waals surface area contributed by atoms with Gasteiger partial charge in [0.2, 0.25) is 0 Å². The van der Waals surface area contributed by atoms with Crippen molar-refractivity contribution in [3.63, 3.8) is 0 Å². The molecule has 34 heavy (non-hydrogen) atoms. The van der Waals surface area contributed by atoms with Crippen molar-refractivity contribution < 1.29 is 59.1 Å². The second kappa shape index (κ2) is 10.8. The van der Waals surface area contributed by atoms with E-state index < -0.39 is 43.3 Å². The third-order valence-corrected chi connectivity index (χ3v) is 5.24. The predicted molar refractivity (Wildman–Crippen MR) is 113 cm³/mol. The highest BCUT2D eigenvalue weighted by Gasteiger charge is 2.45. The monoisotopic (exact) mass is 482 g/mol. The Bertz CT molecular complexity index is 1010. The molecule has 0 radical (unpaired) electrons. The quantitative estimate of drug-likeness (QED) is 0.219. The van der Waals surface area contributed by atoms with Crippen molar-refractivity contribution in [2.75, 3.05) is 20.8 Å². The first-order valence-corrected chi connectivity index (χ1v) is 10.1. The van der Waals surface area contributed by atoms with Crippen LogP contribution in [0.3, 0.4) is 0 Å². The first-order valence-electron chi connectivity index (χ1n) is 10.1. The smallest absolute Gasteiger partial charge is 0.346 e. The molecule has 0 amide bonds. The summed E-state index contributed by atoms with van der Waals surface area (Å²) in [6.07, 6.45) is -7.77. The number of methoxy groups -OCH3 is 2. The van der Waals surface area contributed by atoms with Gasteiger partial charge >= 0.3 is 5.97 Å². The number of esters is 1. The summed E-state index contributed by atoms with van der Waals surface area (Å²) in [5.41, 5.74) is -0.0227. The van der Waals surface area contributed by atoms with Crippen LogP contribution < -0.4 is 9.47 Å². The summed E-state index contributed by atoms with van der Waals surface area (Å²) in [6.45, 7) is -0.877. The van der Waals surface area contributed by atoms with Crippen LogP contribution in [-0.2, 0) is 20.8 Å². The Kier molecular flexibility index (Phi) is 8.02. The van der Waals surface area contributed by atoms with Gasteiger partial charge in [-0.05, 0) is 30.3 Å². The van der Waals surface area contributed by atoms with E-state index in [-0.39, 0.29) is 46.5 Å². The molecule has 12 nitrogen and oxygen atoms in total. The van der Waals surface area contributed by atoms with Crippen LogP contribution in [0.5, 0.6) is 28.7 Å². The molecule has 186 valence electrons. The molecular weight excluding hydrogens is 456 g/mol. The Labute approximate surface area is 194 Å². The summed E-state index contributed by atoms with van der Waals surface area (Å²) in [7, 11) is 2.55. The number of rotatable bonds is 8. The molecule has 0 aromatic heterocycles. The van der Waals surface area contributed by atoms with Gasteiger partial charge in [-0.3, -0.25) is 0 Å². The Morgan fingerprint density at radius 2 is 1.65 bits per heavy atom. The summed E-state index contributed by atoms with van der Waals surface area (Å²) >= 11 is 0. The summed E-state index contributed by atoms with van der Waals surface area (Å²) in [4.78, 5) is 12.7. The van der Waals surface area contributed by atoms with Gasteiger partial charge in [-0.25, -0.2) is 4.79 Å². The molecule has 1 aliphatic rings. The molecule has 1 fully saturated rings. The van der Waals surface area contributed by atoms with Crippen molar-refractivity contribution in [2.24, 2.45) is 0 Å². The maximum Gasteiger partial charge on any atom is 0.346 e. The fourth-order valence-electron chi connectivity index (χ4n) is 3.41. The summed E-state index contributed by atoms with van der Waals surface area (Å²) in [5.74, 6) is -1.72. The van der Waals surface area contributed by atoms with Gasteiger partial charge in [0.05, 0.1) is 20.8 Å². The lowest BCUT2D eigenvalue weighted by molar-refractivity contribution is -0.303. The fraction of sp³-hybridized carbons (Fsp3) is 0.409. The van der Waals surface area contributed by atoms with Crippen molar-refractivity contribution >= 4 is 5.97 Å². The molecule has 5 atom stereocenters. The van der Waals surface area contributed by atoms with E-state index in [1.54, 1.807) is 0 Å². The highest BCUT2D eigenvalue weighted by molar-refractivity contribution is 5.96. The van der Waals surface area contributed by atoms with E-state index in [0.717, 1.165) is 0 Å². The number of ether oxygens (including phenoxy) is 5. The molecule has 0 bridgehead atoms. The van der Waals surface area contributed by atoms with Crippen LogP contribution >= 0.6 is 0 Å². The molecule has 2 aromatic carbocycles. The molecule has 0 unspecified atom stereocenters. The summed E-state index contributed by atoms with van der Waals surface area (Å²) in [6, 6.07) is 6.36. The minimum atomic E-state index is -1.70. The van der Waals surface area contributed by atoms with E-state index >= 15 is 0 Å². The van der Waals surface area contributed by atoms with Crippen LogP contribution in [0.25, 0.3) is 0 Å². The highest BCUT2D eigenvalue weighted by Crippen LogP contribution is 2.37. The van der Waals surface area contributed by atoms with E-state index in [0.29, 0.717) is 0 Å². The van der Waals surface area contributed by atoms with E-state index in [1.165, 1.54) is 44.6 Å². The largest absolute Gasteiger partial charge is 0.508 e. The number of carbonyl (C=O) groups excluding carboxylic acids is 1. The van der Waals surface area contributed by atoms with E-state index in [4.69, 9.17) is 23.7 Å². The molecule has 3 rings (SSSR count). The summed E-state index contributed by atoms with van der Waals surface area (Å²) < 4.78 is 26.3. The second-order valence-corrected chi connectivity index (χ2v) is 7.43. The number of carbonyl (C=O) groups is 1. The standard InChI is InChI=1S/C22H26O12/c1-30-14-6-5-13(25)20(31-2)16(14)21(29)32-9-15-17(26)18(27)19(28)22(34-15)33-8-10-7-11(23)3-4-12(10)24/h3-7,15,17-19,22-28H,8-9H2,1-2H3/t15-,17-,18+,19-,22-/m1/s1. The Morgan fingerprint density at radius 3 is 2.32 bits per heavy atom. The first kappa shape index (κ1) is 25.3. The van der Waals surface area contributed by atoms with Crippen molar-refractivity contribution in [3.8, 4) is 28.7 Å². The van der Waals surface area contributed by atoms with Crippen molar-refractivity contribution in [1.29, 1.82) is 0 Å². The van der Waals surface area contributed by atoms with Gasteiger partial charge in [-0.15, -0.1) is 0 Å². The lowest BCUT2D eigenvalue weighted by Crippen LogP contribution is -2.59. The lowest BCUT2D eigenvalue weighted by Gasteiger charge is -2.40. The van der Waals surface area contributed by atoms with Crippen LogP contribution in [0.15, 0.2) is 30.3 Å². The van der Waals surface area contributed by atoms with Gasteiger partial charge < -0.3 is 54.3 Å². The van der Waals surface area contributed by atoms with Gasteiger partial charge in [0, 0.05) is 5.56 Å². The van der Waals surface area contributed by atoms with Crippen molar-refractivity contribution in [1.82, 2.24) is 0 Å². The summed E-state index contributed by atoms with van der Waals surface area (Å²) in [5, 5.41) is 60.0. The average Bonchev–Trinajstić information content (AvgIpc) is 2.82. The molecule has 1 saturated heterocycles. The van der Waals surface area contributed by atoms with E-state index in [2.05, 4.69) is 0 Å².